The minimum atomic E-state index is -0.102. The normalized spacial score (nSPS) is 16.8. The Morgan fingerprint density at radius 3 is 3.04 bits per heavy atom. The van der Waals surface area contributed by atoms with Gasteiger partial charge in [0, 0.05) is 17.1 Å². The van der Waals surface area contributed by atoms with Gasteiger partial charge in [0.2, 0.25) is 0 Å². The minimum Gasteiger partial charge on any atom is -0.352 e. The molecule has 1 amide bonds. The SMILES string of the molecule is Cl.O=C(NCCC1CCNC1)c1cn[nH]c1-c1cccc(Cl)c1. The highest BCUT2D eigenvalue weighted by atomic mass is 35.5. The van der Waals surface area contributed by atoms with Crippen LogP contribution >= 0.6 is 24.0 Å². The molecule has 2 aromatic rings. The summed E-state index contributed by atoms with van der Waals surface area (Å²) in [5, 5.41) is 13.8. The van der Waals surface area contributed by atoms with Crippen LogP contribution in [-0.2, 0) is 0 Å². The second kappa shape index (κ2) is 8.34. The fraction of sp³-hybridized carbons (Fsp3) is 0.375. The van der Waals surface area contributed by atoms with E-state index in [2.05, 4.69) is 20.8 Å². The number of hydrogen-bond acceptors (Lipinski definition) is 3. The van der Waals surface area contributed by atoms with Gasteiger partial charge >= 0.3 is 0 Å². The lowest BCUT2D eigenvalue weighted by Crippen LogP contribution is -2.26. The van der Waals surface area contributed by atoms with Crippen molar-refractivity contribution in [2.75, 3.05) is 19.6 Å². The molecule has 1 saturated heterocycles. The van der Waals surface area contributed by atoms with Crippen molar-refractivity contribution in [3.05, 3.63) is 41.0 Å². The number of halogens is 2. The molecule has 5 nitrogen and oxygen atoms in total. The van der Waals surface area contributed by atoms with Crippen molar-refractivity contribution >= 4 is 29.9 Å². The van der Waals surface area contributed by atoms with Gasteiger partial charge in [-0.25, -0.2) is 0 Å². The summed E-state index contributed by atoms with van der Waals surface area (Å²) < 4.78 is 0. The van der Waals surface area contributed by atoms with E-state index in [-0.39, 0.29) is 18.3 Å². The molecule has 1 fully saturated rings. The maximum atomic E-state index is 12.3. The van der Waals surface area contributed by atoms with E-state index in [9.17, 15) is 4.79 Å². The molecule has 0 bridgehead atoms. The first-order chi connectivity index (χ1) is 10.7. The molecular weight excluding hydrogens is 335 g/mol. The van der Waals surface area contributed by atoms with Gasteiger partial charge in [-0.2, -0.15) is 5.10 Å². The zero-order chi connectivity index (χ0) is 15.4. The van der Waals surface area contributed by atoms with Gasteiger partial charge in [0.05, 0.1) is 17.5 Å². The maximum Gasteiger partial charge on any atom is 0.255 e. The smallest absolute Gasteiger partial charge is 0.255 e. The van der Waals surface area contributed by atoms with Crippen LogP contribution in [0.4, 0.5) is 0 Å². The minimum absolute atomic E-state index is 0. The molecule has 3 rings (SSSR count). The Labute approximate surface area is 146 Å². The highest BCUT2D eigenvalue weighted by Crippen LogP contribution is 2.24. The highest BCUT2D eigenvalue weighted by Gasteiger charge is 2.17. The lowest BCUT2D eigenvalue weighted by molar-refractivity contribution is 0.0952. The molecule has 23 heavy (non-hydrogen) atoms. The predicted molar refractivity (Wildman–Crippen MR) is 94.2 cm³/mol. The molecule has 1 aromatic carbocycles. The molecule has 0 spiro atoms. The predicted octanol–water partition coefficient (Wildman–Crippen LogP) is 2.88. The largest absolute Gasteiger partial charge is 0.352 e. The Hall–Kier alpha value is -1.56. The van der Waals surface area contributed by atoms with E-state index in [1.807, 2.05) is 18.2 Å². The Balaban J connectivity index is 0.00000192. The average Bonchev–Trinajstić information content (AvgIpc) is 3.18. The summed E-state index contributed by atoms with van der Waals surface area (Å²) in [6, 6.07) is 7.38. The average molecular weight is 355 g/mol. The Morgan fingerprint density at radius 2 is 2.30 bits per heavy atom. The van der Waals surface area contributed by atoms with Crippen LogP contribution in [0.1, 0.15) is 23.2 Å². The molecule has 1 aliphatic heterocycles. The van der Waals surface area contributed by atoms with Crippen molar-refractivity contribution in [3.63, 3.8) is 0 Å². The van der Waals surface area contributed by atoms with E-state index in [4.69, 9.17) is 11.6 Å². The van der Waals surface area contributed by atoms with Crippen LogP contribution in [0.15, 0.2) is 30.5 Å². The third-order valence-corrected chi connectivity index (χ3v) is 4.23. The van der Waals surface area contributed by atoms with Crippen molar-refractivity contribution in [2.45, 2.75) is 12.8 Å². The lowest BCUT2D eigenvalue weighted by Gasteiger charge is -2.09. The fourth-order valence-corrected chi connectivity index (χ4v) is 2.96. The number of hydrogen-bond donors (Lipinski definition) is 3. The Morgan fingerprint density at radius 1 is 1.43 bits per heavy atom. The van der Waals surface area contributed by atoms with Crippen LogP contribution in [0, 0.1) is 5.92 Å². The van der Waals surface area contributed by atoms with Crippen LogP contribution in [0.5, 0.6) is 0 Å². The molecular formula is C16H20Cl2N4O. The number of amides is 1. The van der Waals surface area contributed by atoms with Crippen molar-refractivity contribution in [1.29, 1.82) is 0 Å². The maximum absolute atomic E-state index is 12.3. The zero-order valence-corrected chi connectivity index (χ0v) is 14.2. The van der Waals surface area contributed by atoms with Gasteiger partial charge < -0.3 is 10.6 Å². The molecule has 1 aliphatic rings. The van der Waals surface area contributed by atoms with Crippen molar-refractivity contribution in [2.24, 2.45) is 5.92 Å². The van der Waals surface area contributed by atoms with Crippen LogP contribution < -0.4 is 10.6 Å². The third-order valence-electron chi connectivity index (χ3n) is 4.00. The van der Waals surface area contributed by atoms with Crippen molar-refractivity contribution in [3.8, 4) is 11.3 Å². The van der Waals surface area contributed by atoms with Crippen LogP contribution in [0.25, 0.3) is 11.3 Å². The van der Waals surface area contributed by atoms with Gasteiger partial charge in [0.1, 0.15) is 0 Å². The van der Waals surface area contributed by atoms with E-state index in [1.54, 1.807) is 12.3 Å². The number of benzene rings is 1. The van der Waals surface area contributed by atoms with Crippen LogP contribution in [0.2, 0.25) is 5.02 Å². The van der Waals surface area contributed by atoms with Gasteiger partial charge in [-0.3, -0.25) is 9.89 Å². The number of nitrogens with one attached hydrogen (secondary N) is 3. The number of carbonyl (C=O) groups excluding carboxylic acids is 1. The summed E-state index contributed by atoms with van der Waals surface area (Å²) in [6.07, 6.45) is 3.75. The molecule has 0 aliphatic carbocycles. The first-order valence-corrected chi connectivity index (χ1v) is 7.90. The van der Waals surface area contributed by atoms with E-state index in [0.717, 1.165) is 25.1 Å². The Bertz CT molecular complexity index is 653. The van der Waals surface area contributed by atoms with E-state index >= 15 is 0 Å². The standard InChI is InChI=1S/C16H19ClN4O.ClH/c17-13-3-1-2-12(8-13)15-14(10-20-21-15)16(22)19-7-5-11-4-6-18-9-11;/h1-3,8,10-11,18H,4-7,9H2,(H,19,22)(H,20,21);1H. The van der Waals surface area contributed by atoms with E-state index in [1.165, 1.54) is 6.42 Å². The summed E-state index contributed by atoms with van der Waals surface area (Å²) in [5.41, 5.74) is 2.10. The fourth-order valence-electron chi connectivity index (χ4n) is 2.77. The number of H-pyrrole nitrogens is 1. The zero-order valence-electron chi connectivity index (χ0n) is 12.6. The number of carbonyl (C=O) groups is 1. The summed E-state index contributed by atoms with van der Waals surface area (Å²) in [4.78, 5) is 12.3. The molecule has 1 aromatic heterocycles. The Kier molecular flexibility index (Phi) is 6.45. The molecule has 2 heterocycles. The molecule has 0 saturated carbocycles. The number of aromatic nitrogens is 2. The molecule has 7 heteroatoms. The summed E-state index contributed by atoms with van der Waals surface area (Å²) >= 11 is 6.01. The first kappa shape index (κ1) is 17.8. The first-order valence-electron chi connectivity index (χ1n) is 7.52. The van der Waals surface area contributed by atoms with Gasteiger partial charge in [-0.05, 0) is 44.0 Å². The second-order valence-corrected chi connectivity index (χ2v) is 6.01. The van der Waals surface area contributed by atoms with Crippen LogP contribution in [0.3, 0.4) is 0 Å². The third kappa shape index (κ3) is 4.47. The number of aromatic amines is 1. The molecule has 124 valence electrons. The highest BCUT2D eigenvalue weighted by molar-refractivity contribution is 6.30. The molecule has 0 radical (unpaired) electrons. The number of nitrogens with zero attached hydrogens (tertiary/aromatic N) is 1. The van der Waals surface area contributed by atoms with Gasteiger partial charge in [0.25, 0.3) is 5.91 Å². The molecule has 3 N–H and O–H groups in total. The van der Waals surface area contributed by atoms with Crippen molar-refractivity contribution in [1.82, 2.24) is 20.8 Å². The van der Waals surface area contributed by atoms with Crippen LogP contribution in [-0.4, -0.2) is 35.7 Å². The summed E-state index contributed by atoms with van der Waals surface area (Å²) in [6.45, 7) is 2.82. The van der Waals surface area contributed by atoms with Gasteiger partial charge in [0.15, 0.2) is 0 Å². The molecule has 1 unspecified atom stereocenters. The quantitative estimate of drug-likeness (QED) is 0.773. The topological polar surface area (TPSA) is 69.8 Å². The summed E-state index contributed by atoms with van der Waals surface area (Å²) in [7, 11) is 0. The second-order valence-electron chi connectivity index (χ2n) is 5.57. The number of rotatable bonds is 5. The monoisotopic (exact) mass is 354 g/mol. The van der Waals surface area contributed by atoms with E-state index in [0.29, 0.717) is 28.7 Å². The molecule has 1 atom stereocenters. The van der Waals surface area contributed by atoms with Crippen molar-refractivity contribution < 1.29 is 4.79 Å². The van der Waals surface area contributed by atoms with Gasteiger partial charge in [-0.15, -0.1) is 12.4 Å². The lowest BCUT2D eigenvalue weighted by atomic mass is 10.0. The van der Waals surface area contributed by atoms with Gasteiger partial charge in [-0.1, -0.05) is 23.7 Å². The summed E-state index contributed by atoms with van der Waals surface area (Å²) in [5.74, 6) is 0.562. The van der Waals surface area contributed by atoms with E-state index < -0.39 is 0 Å².